The monoisotopic (exact) mass is 306 g/mol. The van der Waals surface area contributed by atoms with E-state index in [0.29, 0.717) is 12.8 Å². The number of carbonyl (C=O) groups is 1. The van der Waals surface area contributed by atoms with Gasteiger partial charge >= 0.3 is 13.1 Å². The van der Waals surface area contributed by atoms with Gasteiger partial charge in [-0.1, -0.05) is 19.3 Å². The maximum atomic E-state index is 13.4. The zero-order chi connectivity index (χ0) is 15.9. The van der Waals surface area contributed by atoms with Crippen molar-refractivity contribution in [2.24, 2.45) is 5.41 Å². The highest BCUT2D eigenvalue weighted by atomic mass is 19.4. The standard InChI is InChI=1S/C14H24BF3NO2/c1-13(2,3)21-12(20)19-9-11(15(16,17)18)14(10-19)7-5-4-6-8-14/h11H,4-10H2,1-3H3/q-1. The summed E-state index contributed by atoms with van der Waals surface area (Å²) in [6.07, 6.45) is 3.16. The van der Waals surface area contributed by atoms with Gasteiger partial charge in [-0.25, -0.2) is 4.79 Å². The number of likely N-dealkylation sites (tertiary alicyclic amines) is 1. The van der Waals surface area contributed by atoms with Gasteiger partial charge in [-0.2, -0.15) is 0 Å². The fourth-order valence-electron chi connectivity index (χ4n) is 3.76. The van der Waals surface area contributed by atoms with Crippen LogP contribution in [0.2, 0.25) is 5.82 Å². The maximum Gasteiger partial charge on any atom is 0.483 e. The number of hydrogen-bond acceptors (Lipinski definition) is 2. The number of ether oxygens (including phenoxy) is 1. The van der Waals surface area contributed by atoms with Crippen molar-refractivity contribution in [3.63, 3.8) is 0 Å². The molecule has 1 aliphatic heterocycles. The van der Waals surface area contributed by atoms with Crippen LogP contribution in [0.15, 0.2) is 0 Å². The van der Waals surface area contributed by atoms with Gasteiger partial charge in [0.05, 0.1) is 0 Å². The van der Waals surface area contributed by atoms with E-state index in [1.807, 2.05) is 0 Å². The molecule has 1 heterocycles. The Morgan fingerprint density at radius 2 is 1.76 bits per heavy atom. The molecule has 1 spiro atoms. The van der Waals surface area contributed by atoms with E-state index in [2.05, 4.69) is 0 Å². The van der Waals surface area contributed by atoms with Crippen LogP contribution in [0.25, 0.3) is 0 Å². The number of carbonyl (C=O) groups excluding carboxylic acids is 1. The van der Waals surface area contributed by atoms with Crippen molar-refractivity contribution in [3.05, 3.63) is 0 Å². The van der Waals surface area contributed by atoms with Crippen LogP contribution in [0.3, 0.4) is 0 Å². The highest BCUT2D eigenvalue weighted by Gasteiger charge is 2.55. The van der Waals surface area contributed by atoms with E-state index in [4.69, 9.17) is 4.74 Å². The fourth-order valence-corrected chi connectivity index (χ4v) is 3.76. The summed E-state index contributed by atoms with van der Waals surface area (Å²) in [5, 5.41) is 0. The Balaban J connectivity index is 2.16. The molecule has 1 amide bonds. The second-order valence-corrected chi connectivity index (χ2v) is 7.52. The molecule has 0 N–H and O–H groups in total. The van der Waals surface area contributed by atoms with Crippen molar-refractivity contribution in [2.75, 3.05) is 13.1 Å². The van der Waals surface area contributed by atoms with Crippen molar-refractivity contribution < 1.29 is 22.5 Å². The number of rotatable bonds is 1. The Labute approximate surface area is 124 Å². The lowest BCUT2D eigenvalue weighted by Crippen LogP contribution is -2.39. The molecular formula is C14H24BF3NO2-. The number of halogens is 3. The predicted octanol–water partition coefficient (Wildman–Crippen LogP) is 4.41. The van der Waals surface area contributed by atoms with Gasteiger partial charge in [0.2, 0.25) is 0 Å². The molecule has 1 aliphatic carbocycles. The van der Waals surface area contributed by atoms with Crippen molar-refractivity contribution in [3.8, 4) is 0 Å². The van der Waals surface area contributed by atoms with E-state index in [1.165, 1.54) is 4.90 Å². The molecule has 1 atom stereocenters. The van der Waals surface area contributed by atoms with Crippen molar-refractivity contribution in [1.29, 1.82) is 0 Å². The molecule has 0 aromatic rings. The van der Waals surface area contributed by atoms with E-state index in [1.54, 1.807) is 20.8 Å². The topological polar surface area (TPSA) is 29.5 Å². The molecule has 2 rings (SSSR count). The van der Waals surface area contributed by atoms with Crippen LogP contribution in [-0.4, -0.2) is 36.7 Å². The molecule has 1 unspecified atom stereocenters. The van der Waals surface area contributed by atoms with Crippen LogP contribution in [0.5, 0.6) is 0 Å². The van der Waals surface area contributed by atoms with Crippen LogP contribution < -0.4 is 0 Å². The van der Waals surface area contributed by atoms with Gasteiger partial charge in [0, 0.05) is 13.1 Å². The lowest BCUT2D eigenvalue weighted by Gasteiger charge is -2.42. The lowest BCUT2D eigenvalue weighted by molar-refractivity contribution is 0.0262. The van der Waals surface area contributed by atoms with Gasteiger partial charge in [-0.15, -0.1) is 0 Å². The molecule has 21 heavy (non-hydrogen) atoms. The fraction of sp³-hybridized carbons (Fsp3) is 0.929. The van der Waals surface area contributed by atoms with Crippen molar-refractivity contribution >= 4 is 13.1 Å². The Hall–Kier alpha value is -0.875. The normalized spacial score (nSPS) is 26.2. The van der Waals surface area contributed by atoms with Crippen LogP contribution >= 0.6 is 0 Å². The largest absolute Gasteiger partial charge is 0.483 e. The third kappa shape index (κ3) is 3.66. The average Bonchev–Trinajstić information content (AvgIpc) is 2.67. The summed E-state index contributed by atoms with van der Waals surface area (Å²) in [5.41, 5.74) is -1.45. The van der Waals surface area contributed by atoms with E-state index < -0.39 is 29.9 Å². The van der Waals surface area contributed by atoms with E-state index in [9.17, 15) is 17.7 Å². The van der Waals surface area contributed by atoms with E-state index >= 15 is 0 Å². The van der Waals surface area contributed by atoms with E-state index in [0.717, 1.165) is 19.3 Å². The molecule has 7 heteroatoms. The highest BCUT2D eigenvalue weighted by molar-refractivity contribution is 6.60. The molecule has 0 radical (unpaired) electrons. The minimum Gasteiger partial charge on any atom is -0.449 e. The number of amides is 1. The third-order valence-electron chi connectivity index (χ3n) is 4.67. The summed E-state index contributed by atoms with van der Waals surface area (Å²) in [4.78, 5) is 13.4. The van der Waals surface area contributed by atoms with Crippen LogP contribution in [-0.2, 0) is 4.74 Å². The summed E-state index contributed by atoms with van der Waals surface area (Å²) >= 11 is 0. The smallest absolute Gasteiger partial charge is 0.449 e. The molecule has 0 aromatic carbocycles. The number of hydrogen-bond donors (Lipinski definition) is 0. The first-order valence-corrected chi connectivity index (χ1v) is 7.71. The van der Waals surface area contributed by atoms with Gasteiger partial charge in [-0.05, 0) is 44.8 Å². The minimum absolute atomic E-state index is 0.188. The Morgan fingerprint density at radius 3 is 2.24 bits per heavy atom. The molecule has 3 nitrogen and oxygen atoms in total. The quantitative estimate of drug-likeness (QED) is 0.672. The first-order valence-electron chi connectivity index (χ1n) is 7.71. The van der Waals surface area contributed by atoms with Gasteiger partial charge < -0.3 is 22.6 Å². The zero-order valence-corrected chi connectivity index (χ0v) is 13.0. The second-order valence-electron chi connectivity index (χ2n) is 7.52. The Kier molecular flexibility index (Phi) is 4.24. The Bertz CT molecular complexity index is 400. The predicted molar refractivity (Wildman–Crippen MR) is 76.2 cm³/mol. The molecule has 1 saturated carbocycles. The first-order chi connectivity index (χ1) is 9.54. The minimum atomic E-state index is -4.94. The summed E-state index contributed by atoms with van der Waals surface area (Å²) < 4.78 is 45.6. The maximum absolute atomic E-state index is 13.4. The molecular weight excluding hydrogens is 282 g/mol. The van der Waals surface area contributed by atoms with Gasteiger partial charge in [-0.3, -0.25) is 0 Å². The van der Waals surface area contributed by atoms with Crippen LogP contribution in [0.1, 0.15) is 52.9 Å². The van der Waals surface area contributed by atoms with Crippen molar-refractivity contribution in [1.82, 2.24) is 4.90 Å². The molecule has 0 aromatic heterocycles. The molecule has 122 valence electrons. The van der Waals surface area contributed by atoms with Gasteiger partial charge in [0.25, 0.3) is 0 Å². The third-order valence-corrected chi connectivity index (χ3v) is 4.67. The molecule has 1 saturated heterocycles. The van der Waals surface area contributed by atoms with E-state index in [-0.39, 0.29) is 13.1 Å². The Morgan fingerprint density at radius 1 is 1.19 bits per heavy atom. The van der Waals surface area contributed by atoms with Crippen LogP contribution in [0, 0.1) is 5.41 Å². The van der Waals surface area contributed by atoms with Gasteiger partial charge in [0.15, 0.2) is 0 Å². The first kappa shape index (κ1) is 16.5. The zero-order valence-electron chi connectivity index (χ0n) is 13.0. The molecule has 2 aliphatic rings. The highest BCUT2D eigenvalue weighted by Crippen LogP contribution is 2.55. The average molecular weight is 306 g/mol. The summed E-state index contributed by atoms with van der Waals surface area (Å²) in [6, 6.07) is 0. The summed E-state index contributed by atoms with van der Waals surface area (Å²) in [7, 11) is 0. The SMILES string of the molecule is CC(C)(C)OC(=O)N1CC([B-](F)(F)F)C2(CCCCC2)C1. The lowest BCUT2D eigenvalue weighted by atomic mass is 9.54. The van der Waals surface area contributed by atoms with Gasteiger partial charge in [0.1, 0.15) is 5.60 Å². The molecule has 2 fully saturated rings. The summed E-state index contributed by atoms with van der Waals surface area (Å²) in [6.45, 7) is 0.183. The summed E-state index contributed by atoms with van der Waals surface area (Å²) in [5.74, 6) is -1.36. The van der Waals surface area contributed by atoms with Crippen molar-refractivity contribution in [2.45, 2.75) is 64.3 Å². The van der Waals surface area contributed by atoms with Crippen LogP contribution in [0.4, 0.5) is 17.7 Å². The molecule has 0 bridgehead atoms. The second kappa shape index (κ2) is 5.40. The number of nitrogens with zero attached hydrogens (tertiary/aromatic N) is 1.